The van der Waals surface area contributed by atoms with Gasteiger partial charge in [0.25, 0.3) is 0 Å². The Balaban J connectivity index is 2.27. The molecule has 3 atom stereocenters. The van der Waals surface area contributed by atoms with Crippen LogP contribution in [-0.2, 0) is 0 Å². The summed E-state index contributed by atoms with van der Waals surface area (Å²) in [5.74, 6) is 2.12. The molecule has 0 radical (unpaired) electrons. The van der Waals surface area contributed by atoms with Crippen LogP contribution in [0.5, 0.6) is 5.75 Å². The van der Waals surface area contributed by atoms with Crippen LogP contribution in [0.15, 0.2) is 24.3 Å². The van der Waals surface area contributed by atoms with E-state index in [9.17, 15) is 0 Å². The molecule has 0 bridgehead atoms. The van der Waals surface area contributed by atoms with Crippen LogP contribution in [0.25, 0.3) is 0 Å². The smallest absolute Gasteiger partial charge is 0.119 e. The van der Waals surface area contributed by atoms with Crippen molar-refractivity contribution in [2.24, 2.45) is 11.7 Å². The number of ether oxygens (including phenoxy) is 1. The van der Waals surface area contributed by atoms with Crippen molar-refractivity contribution in [3.63, 3.8) is 0 Å². The van der Waals surface area contributed by atoms with E-state index >= 15 is 0 Å². The Morgan fingerprint density at radius 3 is 2.73 bits per heavy atom. The average Bonchev–Trinajstić information content (AvgIpc) is 2.59. The zero-order valence-electron chi connectivity index (χ0n) is 9.44. The summed E-state index contributed by atoms with van der Waals surface area (Å²) in [6.07, 6.45) is 2.38. The van der Waals surface area contributed by atoms with Gasteiger partial charge in [-0.25, -0.2) is 0 Å². The molecule has 15 heavy (non-hydrogen) atoms. The summed E-state index contributed by atoms with van der Waals surface area (Å²) in [6, 6.07) is 8.62. The van der Waals surface area contributed by atoms with E-state index in [-0.39, 0.29) is 0 Å². The summed E-state index contributed by atoms with van der Waals surface area (Å²) < 4.78 is 5.24. The van der Waals surface area contributed by atoms with E-state index in [0.717, 1.165) is 12.2 Å². The number of methoxy groups -OCH3 is 1. The highest BCUT2D eigenvalue weighted by Crippen LogP contribution is 2.39. The van der Waals surface area contributed by atoms with Crippen molar-refractivity contribution in [1.82, 2.24) is 0 Å². The van der Waals surface area contributed by atoms with Crippen LogP contribution in [-0.4, -0.2) is 13.2 Å². The summed E-state index contributed by atoms with van der Waals surface area (Å²) in [7, 11) is 1.71. The van der Waals surface area contributed by atoms with Crippen LogP contribution in [0.2, 0.25) is 0 Å². The fraction of sp³-hybridized carbons (Fsp3) is 0.538. The fourth-order valence-electron chi connectivity index (χ4n) is 2.66. The zero-order valence-corrected chi connectivity index (χ0v) is 9.44. The fourth-order valence-corrected chi connectivity index (χ4v) is 2.66. The van der Waals surface area contributed by atoms with Gasteiger partial charge in [-0.05, 0) is 36.5 Å². The third-order valence-corrected chi connectivity index (χ3v) is 3.51. The Kier molecular flexibility index (Phi) is 2.96. The van der Waals surface area contributed by atoms with E-state index in [1.165, 1.54) is 12.0 Å². The maximum atomic E-state index is 6.15. The van der Waals surface area contributed by atoms with Gasteiger partial charge in [0.15, 0.2) is 0 Å². The molecule has 0 heterocycles. The van der Waals surface area contributed by atoms with E-state index in [1.807, 2.05) is 12.1 Å². The topological polar surface area (TPSA) is 35.2 Å². The van der Waals surface area contributed by atoms with Crippen LogP contribution >= 0.6 is 0 Å². The molecule has 1 aliphatic rings. The number of nitrogens with two attached hydrogens (primary N) is 1. The van der Waals surface area contributed by atoms with E-state index < -0.39 is 0 Å². The first kappa shape index (κ1) is 10.5. The molecule has 2 heteroatoms. The molecule has 0 amide bonds. The third-order valence-electron chi connectivity index (χ3n) is 3.51. The second-order valence-electron chi connectivity index (χ2n) is 4.52. The number of hydrogen-bond acceptors (Lipinski definition) is 2. The largest absolute Gasteiger partial charge is 0.497 e. The minimum Gasteiger partial charge on any atom is -0.497 e. The molecule has 0 aromatic heterocycles. The highest BCUT2D eigenvalue weighted by Gasteiger charge is 2.31. The lowest BCUT2D eigenvalue weighted by molar-refractivity contribution is 0.412. The number of hydrogen-bond donors (Lipinski definition) is 1. The molecule has 1 aromatic carbocycles. The van der Waals surface area contributed by atoms with Gasteiger partial charge < -0.3 is 10.5 Å². The predicted molar refractivity (Wildman–Crippen MR) is 62.1 cm³/mol. The van der Waals surface area contributed by atoms with Gasteiger partial charge in [0.1, 0.15) is 5.75 Å². The van der Waals surface area contributed by atoms with E-state index in [1.54, 1.807) is 7.11 Å². The molecule has 2 nitrogen and oxygen atoms in total. The van der Waals surface area contributed by atoms with Crippen molar-refractivity contribution >= 4 is 0 Å². The molecule has 1 aromatic rings. The summed E-state index contributed by atoms with van der Waals surface area (Å²) in [5, 5.41) is 0. The minimum atomic E-state index is 0.312. The summed E-state index contributed by atoms with van der Waals surface area (Å²) in [6.45, 7) is 2.29. The van der Waals surface area contributed by atoms with Crippen LogP contribution < -0.4 is 10.5 Å². The lowest BCUT2D eigenvalue weighted by atomic mass is 9.88. The first-order valence-corrected chi connectivity index (χ1v) is 5.62. The molecule has 1 saturated carbocycles. The SMILES string of the molecule is COc1cccc([C@H]2[C@H](N)CC[C@@H]2C)c1. The van der Waals surface area contributed by atoms with Crippen LogP contribution in [0.4, 0.5) is 0 Å². The van der Waals surface area contributed by atoms with Crippen molar-refractivity contribution < 1.29 is 4.74 Å². The Morgan fingerprint density at radius 2 is 2.13 bits per heavy atom. The first-order valence-electron chi connectivity index (χ1n) is 5.62. The van der Waals surface area contributed by atoms with Gasteiger partial charge in [-0.15, -0.1) is 0 Å². The van der Waals surface area contributed by atoms with Crippen molar-refractivity contribution in [2.75, 3.05) is 7.11 Å². The molecule has 0 saturated heterocycles. The van der Waals surface area contributed by atoms with Crippen molar-refractivity contribution in [3.8, 4) is 5.75 Å². The van der Waals surface area contributed by atoms with Crippen molar-refractivity contribution in [1.29, 1.82) is 0 Å². The van der Waals surface area contributed by atoms with Gasteiger partial charge in [-0.3, -0.25) is 0 Å². The second-order valence-corrected chi connectivity index (χ2v) is 4.52. The van der Waals surface area contributed by atoms with Crippen molar-refractivity contribution in [2.45, 2.75) is 31.7 Å². The number of benzene rings is 1. The third kappa shape index (κ3) is 2.00. The van der Waals surface area contributed by atoms with Gasteiger partial charge in [0.05, 0.1) is 7.11 Å². The number of rotatable bonds is 2. The highest BCUT2D eigenvalue weighted by molar-refractivity contribution is 5.32. The summed E-state index contributed by atoms with van der Waals surface area (Å²) >= 11 is 0. The molecular formula is C13H19NO. The zero-order chi connectivity index (χ0) is 10.8. The van der Waals surface area contributed by atoms with Crippen LogP contribution in [0.1, 0.15) is 31.2 Å². The summed E-state index contributed by atoms with van der Waals surface area (Å²) in [5.41, 5.74) is 7.48. The minimum absolute atomic E-state index is 0.312. The average molecular weight is 205 g/mol. The molecule has 1 fully saturated rings. The standard InChI is InChI=1S/C13H19NO/c1-9-6-7-12(14)13(9)10-4-3-5-11(8-10)15-2/h3-5,8-9,12-13H,6-7,14H2,1-2H3/t9-,12+,13-/m0/s1. The Morgan fingerprint density at radius 1 is 1.33 bits per heavy atom. The molecule has 0 unspecified atom stereocenters. The first-order chi connectivity index (χ1) is 7.22. The highest BCUT2D eigenvalue weighted by atomic mass is 16.5. The van der Waals surface area contributed by atoms with Gasteiger partial charge in [0.2, 0.25) is 0 Å². The van der Waals surface area contributed by atoms with E-state index in [2.05, 4.69) is 19.1 Å². The maximum absolute atomic E-state index is 6.15. The lowest BCUT2D eigenvalue weighted by Crippen LogP contribution is -2.25. The molecule has 0 spiro atoms. The molecular weight excluding hydrogens is 186 g/mol. The van der Waals surface area contributed by atoms with Gasteiger partial charge in [-0.1, -0.05) is 19.1 Å². The van der Waals surface area contributed by atoms with Crippen LogP contribution in [0.3, 0.4) is 0 Å². The molecule has 0 aliphatic heterocycles. The van der Waals surface area contributed by atoms with E-state index in [4.69, 9.17) is 10.5 Å². The second kappa shape index (κ2) is 4.23. The monoisotopic (exact) mass is 205 g/mol. The quantitative estimate of drug-likeness (QED) is 0.805. The normalized spacial score (nSPS) is 30.5. The molecule has 82 valence electrons. The molecule has 2 rings (SSSR count). The maximum Gasteiger partial charge on any atom is 0.119 e. The van der Waals surface area contributed by atoms with Crippen molar-refractivity contribution in [3.05, 3.63) is 29.8 Å². The lowest BCUT2D eigenvalue weighted by Gasteiger charge is -2.20. The predicted octanol–water partition coefficient (Wildman–Crippen LogP) is 2.54. The van der Waals surface area contributed by atoms with Gasteiger partial charge in [0, 0.05) is 12.0 Å². The van der Waals surface area contributed by atoms with Gasteiger partial charge >= 0.3 is 0 Å². The Labute approximate surface area is 91.4 Å². The van der Waals surface area contributed by atoms with E-state index in [0.29, 0.717) is 17.9 Å². The Hall–Kier alpha value is -1.02. The van der Waals surface area contributed by atoms with Crippen LogP contribution in [0, 0.1) is 5.92 Å². The summed E-state index contributed by atoms with van der Waals surface area (Å²) in [4.78, 5) is 0. The molecule has 1 aliphatic carbocycles. The Bertz CT molecular complexity index is 327. The van der Waals surface area contributed by atoms with Gasteiger partial charge in [-0.2, -0.15) is 0 Å². The molecule has 2 N–H and O–H groups in total.